The Balaban J connectivity index is 1.13. The highest BCUT2D eigenvalue weighted by molar-refractivity contribution is 5.91. The molecule has 0 unspecified atom stereocenters. The number of hydrogen-bond donors (Lipinski definition) is 1. The zero-order valence-corrected chi connectivity index (χ0v) is 26.8. The molecule has 3 heterocycles. The maximum absolute atomic E-state index is 15.4. The first-order chi connectivity index (χ1) is 23.6. The number of nitrogens with zero attached hydrogens (tertiary/aromatic N) is 6. The molecular weight excluding hydrogens is 637 g/mol. The normalized spacial score (nSPS) is 16.2. The monoisotopic (exact) mass is 670 g/mol. The number of carboxylic acid groups (broad SMARTS) is 1. The van der Waals surface area contributed by atoms with Crippen molar-refractivity contribution in [3.8, 4) is 23.8 Å². The topological polar surface area (TPSA) is 137 Å². The average molecular weight is 671 g/mol. The summed E-state index contributed by atoms with van der Waals surface area (Å²) in [6.07, 6.45) is 4.27. The molecule has 0 spiro atoms. The first-order valence-electron chi connectivity index (χ1n) is 15.9. The largest absolute Gasteiger partial charge is 0.484 e. The number of benzene rings is 2. The third-order valence-corrected chi connectivity index (χ3v) is 9.09. The number of fused-ring (bicyclic) bond motifs is 1. The Bertz CT molecular complexity index is 2020. The molecule has 1 saturated heterocycles. The van der Waals surface area contributed by atoms with Gasteiger partial charge < -0.3 is 19.1 Å². The molecule has 1 aliphatic heterocycles. The second kappa shape index (κ2) is 14.0. The SMILES string of the molecule is C/C(=C\C(=O)O)c1cc(F)c2nc(CN3CCC(Oc4ccc(F)c(COc5ccc(C#N)cc5F)n4)CC3)n(CC3(CC#N)CC3)c2c1. The Morgan fingerprint density at radius 2 is 1.84 bits per heavy atom. The quantitative estimate of drug-likeness (QED) is 0.167. The summed E-state index contributed by atoms with van der Waals surface area (Å²) < 4.78 is 57.6. The van der Waals surface area contributed by atoms with Crippen molar-refractivity contribution in [3.63, 3.8) is 0 Å². The predicted octanol–water partition coefficient (Wildman–Crippen LogP) is 6.52. The van der Waals surface area contributed by atoms with E-state index in [1.807, 2.05) is 10.6 Å². The van der Waals surface area contributed by atoms with Gasteiger partial charge in [-0.15, -0.1) is 0 Å². The number of halogens is 3. The van der Waals surface area contributed by atoms with Crippen LogP contribution in [0.25, 0.3) is 16.6 Å². The lowest BCUT2D eigenvalue weighted by Crippen LogP contribution is -2.38. The number of pyridine rings is 1. The van der Waals surface area contributed by atoms with Crippen LogP contribution in [-0.4, -0.2) is 49.7 Å². The Labute approximate surface area is 280 Å². The number of likely N-dealkylation sites (tertiary alicyclic amines) is 1. The Hall–Kier alpha value is -5.40. The van der Waals surface area contributed by atoms with Crippen LogP contribution in [0.3, 0.4) is 0 Å². The van der Waals surface area contributed by atoms with Crippen LogP contribution in [0, 0.1) is 45.5 Å². The number of carboxylic acids is 1. The number of ether oxygens (including phenoxy) is 2. The van der Waals surface area contributed by atoms with E-state index in [-0.39, 0.29) is 46.5 Å². The summed E-state index contributed by atoms with van der Waals surface area (Å²) in [7, 11) is 0. The highest BCUT2D eigenvalue weighted by Gasteiger charge is 2.43. The molecule has 10 nitrogen and oxygen atoms in total. The molecule has 0 bridgehead atoms. The maximum atomic E-state index is 15.4. The van der Waals surface area contributed by atoms with E-state index in [0.717, 1.165) is 25.0 Å². The van der Waals surface area contributed by atoms with Gasteiger partial charge in [0, 0.05) is 43.6 Å². The Morgan fingerprint density at radius 1 is 1.06 bits per heavy atom. The van der Waals surface area contributed by atoms with Gasteiger partial charge in [-0.3, -0.25) is 4.90 Å². The molecule has 6 rings (SSSR count). The van der Waals surface area contributed by atoms with Gasteiger partial charge >= 0.3 is 5.97 Å². The Kier molecular flexibility index (Phi) is 9.56. The van der Waals surface area contributed by atoms with Crippen molar-refractivity contribution in [2.75, 3.05) is 13.1 Å². The molecule has 2 aromatic heterocycles. The first-order valence-corrected chi connectivity index (χ1v) is 15.9. The minimum Gasteiger partial charge on any atom is -0.484 e. The molecule has 1 N–H and O–H groups in total. The number of allylic oxidation sites excluding steroid dienone is 1. The van der Waals surface area contributed by atoms with Gasteiger partial charge in [-0.05, 0) is 80.1 Å². The van der Waals surface area contributed by atoms with Gasteiger partial charge in [-0.2, -0.15) is 10.5 Å². The lowest BCUT2D eigenvalue weighted by molar-refractivity contribution is -0.131. The molecule has 4 aromatic rings. The van der Waals surface area contributed by atoms with Crippen molar-refractivity contribution in [1.82, 2.24) is 19.4 Å². The molecule has 13 heteroatoms. The summed E-state index contributed by atoms with van der Waals surface area (Å²) in [6, 6.07) is 13.6. The number of hydrogen-bond acceptors (Lipinski definition) is 8. The third-order valence-electron chi connectivity index (χ3n) is 9.09. The second-order valence-electron chi connectivity index (χ2n) is 12.7. The van der Waals surface area contributed by atoms with Gasteiger partial charge in [0.2, 0.25) is 5.88 Å². The molecule has 1 saturated carbocycles. The van der Waals surface area contributed by atoms with Crippen molar-refractivity contribution >= 4 is 22.6 Å². The van der Waals surface area contributed by atoms with E-state index in [2.05, 4.69) is 16.0 Å². The van der Waals surface area contributed by atoms with E-state index in [0.29, 0.717) is 67.9 Å². The third kappa shape index (κ3) is 7.68. The van der Waals surface area contributed by atoms with Crippen molar-refractivity contribution in [2.24, 2.45) is 5.41 Å². The van der Waals surface area contributed by atoms with Gasteiger partial charge in [-0.1, -0.05) is 0 Å². The standard InChI is InChI=1S/C36H33F3N6O4/c1-22(14-34(46)47)24-16-28(39)35-30(17-24)45(21-36(8-9-36)10-11-40)32(43-35)19-44-12-6-25(7-13-44)49-33-5-3-26(37)29(42-33)20-48-31-4-2-23(18-41)15-27(31)38/h2-5,14-17,25H,6-10,12-13,19-21H2,1H3,(H,46,47)/b22-14+. The summed E-state index contributed by atoms with van der Waals surface area (Å²) in [5.74, 6) is -2.27. The summed E-state index contributed by atoms with van der Waals surface area (Å²) in [6.45, 7) is 3.51. The molecule has 2 aromatic carbocycles. The van der Waals surface area contributed by atoms with E-state index >= 15 is 4.39 Å². The molecule has 49 heavy (non-hydrogen) atoms. The maximum Gasteiger partial charge on any atom is 0.328 e. The van der Waals surface area contributed by atoms with Gasteiger partial charge in [0.25, 0.3) is 0 Å². The molecule has 2 fully saturated rings. The number of rotatable bonds is 12. The fraction of sp³-hybridized carbons (Fsp3) is 0.361. The number of aliphatic carboxylic acids is 1. The highest BCUT2D eigenvalue weighted by Crippen LogP contribution is 2.50. The minimum absolute atomic E-state index is 0.0496. The van der Waals surface area contributed by atoms with Crippen molar-refractivity contribution in [1.29, 1.82) is 10.5 Å². The molecule has 0 radical (unpaired) electrons. The van der Waals surface area contributed by atoms with E-state index in [9.17, 15) is 23.9 Å². The second-order valence-corrected chi connectivity index (χ2v) is 12.7. The number of piperidine rings is 1. The summed E-state index contributed by atoms with van der Waals surface area (Å²) in [5, 5.41) is 27.6. The van der Waals surface area contributed by atoms with Crippen LogP contribution in [0.15, 0.2) is 48.5 Å². The zero-order valence-electron chi connectivity index (χ0n) is 26.8. The van der Waals surface area contributed by atoms with Crippen LogP contribution in [0.2, 0.25) is 0 Å². The van der Waals surface area contributed by atoms with Crippen LogP contribution < -0.4 is 9.47 Å². The summed E-state index contributed by atoms with van der Waals surface area (Å²) in [5.41, 5.74) is 1.53. The van der Waals surface area contributed by atoms with Crippen LogP contribution >= 0.6 is 0 Å². The number of carbonyl (C=O) groups is 1. The van der Waals surface area contributed by atoms with Gasteiger partial charge in [0.1, 0.15) is 35.6 Å². The van der Waals surface area contributed by atoms with E-state index < -0.39 is 23.4 Å². The van der Waals surface area contributed by atoms with Crippen LogP contribution in [0.1, 0.15) is 61.7 Å². The smallest absolute Gasteiger partial charge is 0.328 e. The molecule has 0 amide bonds. The van der Waals surface area contributed by atoms with Crippen LogP contribution in [-0.2, 0) is 24.5 Å². The van der Waals surface area contributed by atoms with E-state index in [1.165, 1.54) is 30.3 Å². The van der Waals surface area contributed by atoms with Gasteiger partial charge in [0.15, 0.2) is 17.4 Å². The van der Waals surface area contributed by atoms with E-state index in [1.54, 1.807) is 13.0 Å². The van der Waals surface area contributed by atoms with E-state index in [4.69, 9.17) is 19.7 Å². The van der Waals surface area contributed by atoms with Crippen molar-refractivity contribution in [3.05, 3.63) is 88.6 Å². The highest BCUT2D eigenvalue weighted by atomic mass is 19.1. The van der Waals surface area contributed by atoms with Crippen molar-refractivity contribution < 1.29 is 32.5 Å². The molecule has 0 atom stereocenters. The number of nitriles is 2. The fourth-order valence-electron chi connectivity index (χ4n) is 6.11. The minimum atomic E-state index is -1.12. The van der Waals surface area contributed by atoms with Crippen LogP contribution in [0.5, 0.6) is 11.6 Å². The number of imidazole rings is 1. The molecule has 1 aliphatic carbocycles. The zero-order chi connectivity index (χ0) is 34.7. The van der Waals surface area contributed by atoms with Crippen LogP contribution in [0.4, 0.5) is 13.2 Å². The summed E-state index contributed by atoms with van der Waals surface area (Å²) >= 11 is 0. The lowest BCUT2D eigenvalue weighted by atomic mass is 10.0. The first kappa shape index (κ1) is 33.5. The Morgan fingerprint density at radius 3 is 2.51 bits per heavy atom. The predicted molar refractivity (Wildman–Crippen MR) is 171 cm³/mol. The lowest BCUT2D eigenvalue weighted by Gasteiger charge is -2.32. The molecule has 252 valence electrons. The van der Waals surface area contributed by atoms with Gasteiger partial charge in [0.05, 0.1) is 29.8 Å². The summed E-state index contributed by atoms with van der Waals surface area (Å²) in [4.78, 5) is 22.4. The average Bonchev–Trinajstić information content (AvgIpc) is 3.75. The molecular formula is C36H33F3N6O4. The fourth-order valence-corrected chi connectivity index (χ4v) is 6.11. The van der Waals surface area contributed by atoms with Crippen molar-refractivity contribution in [2.45, 2.75) is 64.8 Å². The molecule has 2 aliphatic rings. The van der Waals surface area contributed by atoms with Gasteiger partial charge in [-0.25, -0.2) is 27.9 Å². The number of aromatic nitrogens is 3.